The van der Waals surface area contributed by atoms with E-state index in [0.717, 1.165) is 5.56 Å². The first-order valence-electron chi connectivity index (χ1n) is 4.51. The van der Waals surface area contributed by atoms with Crippen LogP contribution in [0.25, 0.3) is 0 Å². The van der Waals surface area contributed by atoms with Gasteiger partial charge >= 0.3 is 0 Å². The van der Waals surface area contributed by atoms with Gasteiger partial charge < -0.3 is 5.73 Å². The van der Waals surface area contributed by atoms with Crippen molar-refractivity contribution in [3.05, 3.63) is 28.5 Å². The third-order valence-electron chi connectivity index (χ3n) is 1.94. The average molecular weight is 228 g/mol. The van der Waals surface area contributed by atoms with E-state index in [1.54, 1.807) is 6.07 Å². The summed E-state index contributed by atoms with van der Waals surface area (Å²) in [6.07, 6.45) is 0. The van der Waals surface area contributed by atoms with Crippen LogP contribution in [0.15, 0.2) is 17.2 Å². The normalized spacial score (nSPS) is 11.9. The van der Waals surface area contributed by atoms with E-state index in [9.17, 15) is 0 Å². The predicted molar refractivity (Wildman–Crippen MR) is 61.4 cm³/mol. The summed E-state index contributed by atoms with van der Waals surface area (Å²) in [5.41, 5.74) is 9.38. The highest BCUT2D eigenvalue weighted by molar-refractivity contribution is 6.29. The number of halogens is 1. The fraction of sp³-hybridized carbons (Fsp3) is 0.333. The Balaban J connectivity index is 3.24. The minimum atomic E-state index is 0.226. The summed E-state index contributed by atoms with van der Waals surface area (Å²) in [6.45, 7) is 4.08. The van der Waals surface area contributed by atoms with Gasteiger partial charge in [0.2, 0.25) is 0 Å². The van der Waals surface area contributed by atoms with Gasteiger partial charge in [-0.25, -0.2) is 16.4 Å². The van der Waals surface area contributed by atoms with E-state index in [1.807, 2.05) is 19.9 Å². The Morgan fingerprint density at radius 3 is 2.73 bits per heavy atom. The number of amidine groups is 1. The quantitative estimate of drug-likeness (QED) is 0.236. The van der Waals surface area contributed by atoms with Crippen molar-refractivity contribution in [3.8, 4) is 0 Å². The van der Waals surface area contributed by atoms with Gasteiger partial charge in [-0.1, -0.05) is 31.5 Å². The van der Waals surface area contributed by atoms with Gasteiger partial charge in [-0.2, -0.15) is 0 Å². The molecule has 0 bridgehead atoms. The number of hydrogen-bond donors (Lipinski definition) is 3. The minimum absolute atomic E-state index is 0.226. The molecule has 0 atom stereocenters. The molecule has 0 fully saturated rings. The highest BCUT2D eigenvalue weighted by atomic mass is 35.5. The molecule has 0 saturated carbocycles. The standard InChI is InChI=1S/C9H14ClN5/c1-5(2)6-3-4-7(10)13-8(6)9(11)14-15-12/h3-5,15H,12H2,1-2H3,(H2,11,14). The summed E-state index contributed by atoms with van der Waals surface area (Å²) in [6, 6.07) is 3.61. The largest absolute Gasteiger partial charge is 0.380 e. The first-order valence-corrected chi connectivity index (χ1v) is 4.89. The zero-order valence-electron chi connectivity index (χ0n) is 8.66. The van der Waals surface area contributed by atoms with Gasteiger partial charge in [0.1, 0.15) is 10.8 Å². The number of nitrogens with two attached hydrogens (primary N) is 2. The zero-order valence-corrected chi connectivity index (χ0v) is 9.42. The Hall–Kier alpha value is -1.33. The maximum Gasteiger partial charge on any atom is 0.171 e. The average Bonchev–Trinajstić information content (AvgIpc) is 2.17. The van der Waals surface area contributed by atoms with E-state index in [-0.39, 0.29) is 11.8 Å². The van der Waals surface area contributed by atoms with Gasteiger partial charge in [0.05, 0.1) is 0 Å². The molecular formula is C9H14ClN5. The number of hydrazine groups is 1. The van der Waals surface area contributed by atoms with Gasteiger partial charge in [0.25, 0.3) is 0 Å². The predicted octanol–water partition coefficient (Wildman–Crippen LogP) is 0.942. The molecule has 82 valence electrons. The van der Waals surface area contributed by atoms with Gasteiger partial charge in [-0.3, -0.25) is 0 Å². The first-order chi connectivity index (χ1) is 7.06. The van der Waals surface area contributed by atoms with Gasteiger partial charge in [-0.05, 0) is 17.5 Å². The molecule has 0 aliphatic rings. The maximum atomic E-state index is 5.79. The fourth-order valence-electron chi connectivity index (χ4n) is 1.24. The van der Waals surface area contributed by atoms with Gasteiger partial charge in [0.15, 0.2) is 5.84 Å². The molecule has 5 nitrogen and oxygen atoms in total. The smallest absolute Gasteiger partial charge is 0.171 e. The lowest BCUT2D eigenvalue weighted by molar-refractivity contribution is 0.798. The van der Waals surface area contributed by atoms with E-state index in [1.165, 1.54) is 0 Å². The lowest BCUT2D eigenvalue weighted by Crippen LogP contribution is -2.25. The number of hydrazone groups is 1. The van der Waals surface area contributed by atoms with Crippen molar-refractivity contribution in [2.45, 2.75) is 19.8 Å². The highest BCUT2D eigenvalue weighted by Crippen LogP contribution is 2.19. The Bertz CT molecular complexity index is 375. The van der Waals surface area contributed by atoms with Crippen molar-refractivity contribution in [1.82, 2.24) is 10.5 Å². The Morgan fingerprint density at radius 2 is 2.20 bits per heavy atom. The molecule has 0 amide bonds. The molecule has 1 aromatic rings. The topological polar surface area (TPSA) is 89.3 Å². The zero-order chi connectivity index (χ0) is 11.4. The summed E-state index contributed by atoms with van der Waals surface area (Å²) in [5, 5.41) is 4.06. The molecule has 1 aromatic heterocycles. The van der Waals surface area contributed by atoms with Crippen LogP contribution in [0.3, 0.4) is 0 Å². The molecule has 1 heterocycles. The van der Waals surface area contributed by atoms with Crippen molar-refractivity contribution in [1.29, 1.82) is 0 Å². The molecular weight excluding hydrogens is 214 g/mol. The van der Waals surface area contributed by atoms with Crippen LogP contribution in [0, 0.1) is 0 Å². The number of nitrogens with one attached hydrogen (secondary N) is 1. The monoisotopic (exact) mass is 227 g/mol. The molecule has 0 spiro atoms. The van der Waals surface area contributed by atoms with E-state index >= 15 is 0 Å². The third kappa shape index (κ3) is 2.81. The number of pyridine rings is 1. The van der Waals surface area contributed by atoms with Crippen molar-refractivity contribution in [2.24, 2.45) is 16.7 Å². The van der Waals surface area contributed by atoms with E-state index in [0.29, 0.717) is 10.8 Å². The summed E-state index contributed by atoms with van der Waals surface area (Å²) >= 11 is 5.79. The molecule has 0 aliphatic carbocycles. The molecule has 0 aliphatic heterocycles. The second-order valence-corrected chi connectivity index (χ2v) is 3.74. The van der Waals surface area contributed by atoms with E-state index in [4.69, 9.17) is 23.2 Å². The van der Waals surface area contributed by atoms with Crippen molar-refractivity contribution in [2.75, 3.05) is 0 Å². The molecule has 6 heteroatoms. The third-order valence-corrected chi connectivity index (χ3v) is 2.15. The van der Waals surface area contributed by atoms with Crippen LogP contribution in [-0.2, 0) is 0 Å². The summed E-state index contributed by atoms with van der Waals surface area (Å²) in [4.78, 5) is 4.13. The number of nitrogens with zero attached hydrogens (tertiary/aromatic N) is 2. The van der Waals surface area contributed by atoms with Crippen LogP contribution in [0.4, 0.5) is 0 Å². The van der Waals surface area contributed by atoms with E-state index < -0.39 is 0 Å². The lowest BCUT2D eigenvalue weighted by atomic mass is 10.0. The molecule has 1 rings (SSSR count). The summed E-state index contributed by atoms with van der Waals surface area (Å²) in [7, 11) is 0. The molecule has 0 aromatic carbocycles. The van der Waals surface area contributed by atoms with Crippen LogP contribution in [0.5, 0.6) is 0 Å². The highest BCUT2D eigenvalue weighted by Gasteiger charge is 2.12. The van der Waals surface area contributed by atoms with Crippen LogP contribution in [-0.4, -0.2) is 10.8 Å². The Morgan fingerprint density at radius 1 is 1.53 bits per heavy atom. The van der Waals surface area contributed by atoms with Crippen LogP contribution < -0.4 is 17.1 Å². The first kappa shape index (κ1) is 11.7. The van der Waals surface area contributed by atoms with Crippen molar-refractivity contribution >= 4 is 17.4 Å². The van der Waals surface area contributed by atoms with Crippen LogP contribution >= 0.6 is 11.6 Å². The maximum absolute atomic E-state index is 5.79. The van der Waals surface area contributed by atoms with Gasteiger partial charge in [0, 0.05) is 0 Å². The second kappa shape index (κ2) is 4.95. The summed E-state index contributed by atoms with van der Waals surface area (Å²) < 4.78 is 0. The fourth-order valence-corrected chi connectivity index (χ4v) is 1.39. The SMILES string of the molecule is CC(C)c1ccc(Cl)nc1/C(N)=N/NN. The second-order valence-electron chi connectivity index (χ2n) is 3.35. The molecule has 0 radical (unpaired) electrons. The van der Waals surface area contributed by atoms with E-state index in [2.05, 4.69) is 15.6 Å². The van der Waals surface area contributed by atoms with Crippen LogP contribution in [0.1, 0.15) is 31.0 Å². The van der Waals surface area contributed by atoms with Crippen molar-refractivity contribution in [3.63, 3.8) is 0 Å². The number of hydrogen-bond acceptors (Lipinski definition) is 4. The Kier molecular flexibility index (Phi) is 3.88. The number of rotatable bonds is 3. The van der Waals surface area contributed by atoms with Gasteiger partial charge in [-0.15, -0.1) is 5.10 Å². The molecule has 15 heavy (non-hydrogen) atoms. The number of aromatic nitrogens is 1. The molecule has 0 saturated heterocycles. The summed E-state index contributed by atoms with van der Waals surface area (Å²) in [5.74, 6) is 5.57. The lowest BCUT2D eigenvalue weighted by Gasteiger charge is -2.11. The Labute approximate surface area is 93.5 Å². The molecule has 5 N–H and O–H groups in total. The van der Waals surface area contributed by atoms with Crippen LogP contribution in [0.2, 0.25) is 5.15 Å². The van der Waals surface area contributed by atoms with Crippen molar-refractivity contribution < 1.29 is 0 Å². The minimum Gasteiger partial charge on any atom is -0.380 e. The molecule has 0 unspecified atom stereocenters.